The molecule has 1 aromatic heterocycles. The van der Waals surface area contributed by atoms with Crippen molar-refractivity contribution in [3.8, 4) is 0 Å². The van der Waals surface area contributed by atoms with Gasteiger partial charge in [-0.05, 0) is 38.1 Å². The second-order valence-electron chi connectivity index (χ2n) is 6.82. The van der Waals surface area contributed by atoms with Gasteiger partial charge in [0, 0.05) is 31.9 Å². The molecule has 1 fully saturated rings. The van der Waals surface area contributed by atoms with Crippen LogP contribution in [0.3, 0.4) is 0 Å². The highest BCUT2D eigenvalue weighted by Gasteiger charge is 2.28. The molecule has 1 atom stereocenters. The lowest BCUT2D eigenvalue weighted by atomic mass is 10.2. The Kier molecular flexibility index (Phi) is 5.71. The Balaban J connectivity index is 1.66. The number of hydrogen-bond donors (Lipinski definition) is 1. The van der Waals surface area contributed by atoms with Crippen molar-refractivity contribution < 1.29 is 22.0 Å². The van der Waals surface area contributed by atoms with Crippen molar-refractivity contribution in [2.45, 2.75) is 19.9 Å². The molecule has 0 aliphatic carbocycles. The summed E-state index contributed by atoms with van der Waals surface area (Å²) >= 11 is 0. The van der Waals surface area contributed by atoms with Crippen molar-refractivity contribution in [3.05, 3.63) is 47.4 Å². The topological polar surface area (TPSA) is 95.8 Å². The first-order valence-corrected chi connectivity index (χ1v) is 10.8. The number of piperazine rings is 1. The van der Waals surface area contributed by atoms with Crippen molar-refractivity contribution in [2.75, 3.05) is 37.3 Å². The van der Waals surface area contributed by atoms with Gasteiger partial charge in [0.2, 0.25) is 15.9 Å². The van der Waals surface area contributed by atoms with E-state index in [1.807, 2.05) is 0 Å². The van der Waals surface area contributed by atoms with E-state index in [4.69, 9.17) is 4.42 Å². The van der Waals surface area contributed by atoms with Gasteiger partial charge >= 0.3 is 0 Å². The van der Waals surface area contributed by atoms with Gasteiger partial charge in [-0.25, -0.2) is 22.5 Å². The average Bonchev–Trinajstić information content (AvgIpc) is 3.02. The van der Waals surface area contributed by atoms with E-state index in [1.54, 1.807) is 30.9 Å². The fourth-order valence-corrected chi connectivity index (χ4v) is 3.88. The third-order valence-corrected chi connectivity index (χ3v) is 5.32. The fourth-order valence-electron chi connectivity index (χ4n) is 3.14. The predicted molar refractivity (Wildman–Crippen MR) is 102 cm³/mol. The number of nitrogens with zero attached hydrogens (tertiary/aromatic N) is 3. The summed E-state index contributed by atoms with van der Waals surface area (Å²) in [6, 6.07) is 5.59. The third-order valence-electron chi connectivity index (χ3n) is 4.54. The highest BCUT2D eigenvalue weighted by atomic mass is 32.2. The zero-order valence-electron chi connectivity index (χ0n) is 16.0. The molecule has 3 rings (SSSR count). The van der Waals surface area contributed by atoms with E-state index in [0.717, 1.165) is 11.9 Å². The maximum atomic E-state index is 13.1. The number of nitrogens with one attached hydrogen (secondary N) is 1. The van der Waals surface area contributed by atoms with Gasteiger partial charge in [-0.2, -0.15) is 0 Å². The standard InChI is InChI=1S/C18H23FN4O4S/c1-12(21-28(3,25)26)17-20-16(13(2)27-17)18(24)23-10-8-22(9-11-23)15-6-4-14(19)5-7-15/h4-7,12,21H,8-11H2,1-3H3/t12-/m0/s1. The lowest BCUT2D eigenvalue weighted by Gasteiger charge is -2.35. The SMILES string of the molecule is Cc1oc([C@H](C)NS(C)(=O)=O)nc1C(=O)N1CCN(c2ccc(F)cc2)CC1. The smallest absolute Gasteiger partial charge is 0.276 e. The summed E-state index contributed by atoms with van der Waals surface area (Å²) in [6.45, 7) is 5.46. The molecule has 2 aromatic rings. The van der Waals surface area contributed by atoms with E-state index < -0.39 is 16.1 Å². The van der Waals surface area contributed by atoms with E-state index in [1.165, 1.54) is 12.1 Å². The number of rotatable bonds is 5. The molecule has 1 amide bonds. The van der Waals surface area contributed by atoms with E-state index in [9.17, 15) is 17.6 Å². The second kappa shape index (κ2) is 7.88. The van der Waals surface area contributed by atoms with Crippen molar-refractivity contribution in [1.82, 2.24) is 14.6 Å². The number of carbonyl (C=O) groups excluding carboxylic acids is 1. The summed E-state index contributed by atoms with van der Waals surface area (Å²) in [6.07, 6.45) is 1.05. The van der Waals surface area contributed by atoms with Gasteiger partial charge in [0.1, 0.15) is 11.6 Å². The van der Waals surface area contributed by atoms with Crippen LogP contribution in [-0.4, -0.2) is 56.6 Å². The number of sulfonamides is 1. The van der Waals surface area contributed by atoms with Crippen LogP contribution in [0.1, 0.15) is 35.1 Å². The van der Waals surface area contributed by atoms with Gasteiger partial charge in [-0.3, -0.25) is 4.79 Å². The molecule has 8 nitrogen and oxygen atoms in total. The molecule has 0 bridgehead atoms. The number of aromatic nitrogens is 1. The van der Waals surface area contributed by atoms with Crippen LogP contribution in [0.4, 0.5) is 10.1 Å². The first-order chi connectivity index (χ1) is 13.1. The number of halogens is 1. The maximum Gasteiger partial charge on any atom is 0.276 e. The van der Waals surface area contributed by atoms with Crippen molar-refractivity contribution in [3.63, 3.8) is 0 Å². The van der Waals surface area contributed by atoms with E-state index in [0.29, 0.717) is 31.9 Å². The van der Waals surface area contributed by atoms with Gasteiger partial charge in [0.25, 0.3) is 5.91 Å². The number of aryl methyl sites for hydroxylation is 1. The quantitative estimate of drug-likeness (QED) is 0.806. The average molecular weight is 410 g/mol. The van der Waals surface area contributed by atoms with Crippen LogP contribution < -0.4 is 9.62 Å². The van der Waals surface area contributed by atoms with Gasteiger partial charge in [0.05, 0.1) is 12.3 Å². The van der Waals surface area contributed by atoms with Gasteiger partial charge in [0.15, 0.2) is 5.69 Å². The van der Waals surface area contributed by atoms with Crippen LogP contribution in [-0.2, 0) is 10.0 Å². The Morgan fingerprint density at radius 1 is 1.21 bits per heavy atom. The first kappa shape index (κ1) is 20.3. The van der Waals surface area contributed by atoms with Crippen molar-refractivity contribution in [2.24, 2.45) is 0 Å². The summed E-state index contributed by atoms with van der Waals surface area (Å²) in [5.74, 6) is -0.0355. The maximum absolute atomic E-state index is 13.1. The molecular weight excluding hydrogens is 387 g/mol. The molecule has 0 radical (unpaired) electrons. The Labute approximate surface area is 163 Å². The molecular formula is C18H23FN4O4S. The lowest BCUT2D eigenvalue weighted by Crippen LogP contribution is -2.49. The Bertz CT molecular complexity index is 950. The zero-order valence-corrected chi connectivity index (χ0v) is 16.8. The van der Waals surface area contributed by atoms with Crippen molar-refractivity contribution >= 4 is 21.6 Å². The number of benzene rings is 1. The summed E-state index contributed by atoms with van der Waals surface area (Å²) in [7, 11) is -3.43. The molecule has 0 spiro atoms. The summed E-state index contributed by atoms with van der Waals surface area (Å²) in [5, 5.41) is 0. The molecule has 1 saturated heterocycles. The number of carbonyl (C=O) groups is 1. The van der Waals surface area contributed by atoms with Crippen LogP contribution >= 0.6 is 0 Å². The minimum absolute atomic E-state index is 0.149. The predicted octanol–water partition coefficient (Wildman–Crippen LogP) is 1.69. The molecule has 152 valence electrons. The fraction of sp³-hybridized carbons (Fsp3) is 0.444. The molecule has 1 N–H and O–H groups in total. The second-order valence-corrected chi connectivity index (χ2v) is 8.60. The Morgan fingerprint density at radius 3 is 2.39 bits per heavy atom. The highest BCUT2D eigenvalue weighted by Crippen LogP contribution is 2.21. The number of anilines is 1. The minimum atomic E-state index is -3.43. The molecule has 2 heterocycles. The number of oxazole rings is 1. The molecule has 1 aromatic carbocycles. The number of amides is 1. The summed E-state index contributed by atoms with van der Waals surface area (Å²) in [5.41, 5.74) is 1.10. The summed E-state index contributed by atoms with van der Waals surface area (Å²) < 4.78 is 43.7. The molecule has 0 saturated carbocycles. The van der Waals surface area contributed by atoms with Gasteiger partial charge in [-0.1, -0.05) is 0 Å². The lowest BCUT2D eigenvalue weighted by molar-refractivity contribution is 0.0739. The zero-order chi connectivity index (χ0) is 20.5. The van der Waals surface area contributed by atoms with E-state index in [-0.39, 0.29) is 23.3 Å². The molecule has 1 aliphatic heterocycles. The Hall–Kier alpha value is -2.46. The third kappa shape index (κ3) is 4.68. The van der Waals surface area contributed by atoms with Crippen molar-refractivity contribution in [1.29, 1.82) is 0 Å². The van der Waals surface area contributed by atoms with Crippen LogP contribution in [0.5, 0.6) is 0 Å². The van der Waals surface area contributed by atoms with E-state index in [2.05, 4.69) is 14.6 Å². The van der Waals surface area contributed by atoms with Gasteiger partial charge < -0.3 is 14.2 Å². The molecule has 0 unspecified atom stereocenters. The van der Waals surface area contributed by atoms with Crippen LogP contribution in [0.2, 0.25) is 0 Å². The normalized spacial score (nSPS) is 16.3. The largest absolute Gasteiger partial charge is 0.443 e. The van der Waals surface area contributed by atoms with Crippen LogP contribution in [0.25, 0.3) is 0 Å². The molecule has 28 heavy (non-hydrogen) atoms. The van der Waals surface area contributed by atoms with Gasteiger partial charge in [-0.15, -0.1) is 0 Å². The molecule has 1 aliphatic rings. The van der Waals surface area contributed by atoms with Crippen LogP contribution in [0.15, 0.2) is 28.7 Å². The number of hydrogen-bond acceptors (Lipinski definition) is 6. The highest BCUT2D eigenvalue weighted by molar-refractivity contribution is 7.88. The van der Waals surface area contributed by atoms with E-state index >= 15 is 0 Å². The van der Waals surface area contributed by atoms with Crippen LogP contribution in [0, 0.1) is 12.7 Å². The minimum Gasteiger partial charge on any atom is -0.443 e. The molecule has 10 heteroatoms. The summed E-state index contributed by atoms with van der Waals surface area (Å²) in [4.78, 5) is 20.8. The first-order valence-electron chi connectivity index (χ1n) is 8.88. The monoisotopic (exact) mass is 410 g/mol. The Morgan fingerprint density at radius 2 is 1.82 bits per heavy atom.